The zero-order valence-electron chi connectivity index (χ0n) is 5.72. The lowest BCUT2D eigenvalue weighted by atomic mass is 9.84. The highest BCUT2D eigenvalue weighted by molar-refractivity contribution is 4.90. The summed E-state index contributed by atoms with van der Waals surface area (Å²) < 4.78 is 0. The molecule has 1 saturated carbocycles. The molecule has 1 aliphatic carbocycles. The van der Waals surface area contributed by atoms with Crippen LogP contribution in [0, 0.1) is 24.7 Å². The topological polar surface area (TPSA) is 0 Å². The van der Waals surface area contributed by atoms with E-state index < -0.39 is 0 Å². The Morgan fingerprint density at radius 2 is 1.38 bits per heavy atom. The van der Waals surface area contributed by atoms with Gasteiger partial charge in [0, 0.05) is 0 Å². The fourth-order valence-corrected chi connectivity index (χ4v) is 1.09. The first-order valence-corrected chi connectivity index (χ1v) is 3.45. The van der Waals surface area contributed by atoms with Crippen molar-refractivity contribution in [1.29, 1.82) is 0 Å². The molecule has 2 unspecified atom stereocenters. The van der Waals surface area contributed by atoms with Crippen molar-refractivity contribution in [2.45, 2.75) is 26.7 Å². The molecule has 1 rings (SSSR count). The van der Waals surface area contributed by atoms with Gasteiger partial charge in [0.05, 0.1) is 0 Å². The summed E-state index contributed by atoms with van der Waals surface area (Å²) in [5.41, 5.74) is 0. The average molecular weight is 110 g/mol. The molecule has 2 radical (unpaired) electrons. The Morgan fingerprint density at radius 3 is 1.62 bits per heavy atom. The van der Waals surface area contributed by atoms with E-state index in [1.54, 1.807) is 0 Å². The van der Waals surface area contributed by atoms with Crippen LogP contribution in [0.25, 0.3) is 0 Å². The van der Waals surface area contributed by atoms with Gasteiger partial charge in [-0.3, -0.25) is 0 Å². The molecule has 0 heteroatoms. The summed E-state index contributed by atoms with van der Waals surface area (Å²) in [6.07, 6.45) is 7.43. The highest BCUT2D eigenvalue weighted by Gasteiger charge is 2.13. The molecular formula is C8H14. The second-order valence-electron chi connectivity index (χ2n) is 2.90. The van der Waals surface area contributed by atoms with Crippen LogP contribution in [0.2, 0.25) is 0 Å². The fourth-order valence-electron chi connectivity index (χ4n) is 1.09. The van der Waals surface area contributed by atoms with Crippen molar-refractivity contribution in [3.05, 3.63) is 12.8 Å². The second-order valence-corrected chi connectivity index (χ2v) is 2.90. The van der Waals surface area contributed by atoms with Crippen molar-refractivity contribution < 1.29 is 0 Å². The maximum atomic E-state index is 2.42. The lowest BCUT2D eigenvalue weighted by Crippen LogP contribution is -2.10. The summed E-state index contributed by atoms with van der Waals surface area (Å²) in [5.74, 6) is 1.68. The summed E-state index contributed by atoms with van der Waals surface area (Å²) in [6, 6.07) is 0. The molecule has 8 heavy (non-hydrogen) atoms. The molecule has 0 nitrogen and oxygen atoms in total. The molecule has 1 fully saturated rings. The van der Waals surface area contributed by atoms with Crippen molar-refractivity contribution in [1.82, 2.24) is 0 Å². The zero-order valence-corrected chi connectivity index (χ0v) is 5.72. The van der Waals surface area contributed by atoms with Crippen molar-refractivity contribution >= 4 is 0 Å². The minimum Gasteiger partial charge on any atom is -0.0622 e. The van der Waals surface area contributed by atoms with Gasteiger partial charge in [0.2, 0.25) is 0 Å². The molecule has 0 N–H and O–H groups in total. The van der Waals surface area contributed by atoms with Crippen molar-refractivity contribution in [2.24, 2.45) is 11.8 Å². The van der Waals surface area contributed by atoms with Gasteiger partial charge in [-0.1, -0.05) is 13.8 Å². The Labute approximate surface area is 52.3 Å². The van der Waals surface area contributed by atoms with Gasteiger partial charge in [0.15, 0.2) is 0 Å². The summed E-state index contributed by atoms with van der Waals surface area (Å²) in [4.78, 5) is 0. The first kappa shape index (κ1) is 6.12. The van der Waals surface area contributed by atoms with Gasteiger partial charge < -0.3 is 0 Å². The minimum absolute atomic E-state index is 0.839. The smallest absolute Gasteiger partial charge is 0.0355 e. The molecule has 0 aromatic carbocycles. The normalized spacial score (nSPS) is 39.8. The van der Waals surface area contributed by atoms with E-state index in [1.807, 2.05) is 0 Å². The number of hydrogen-bond acceptors (Lipinski definition) is 0. The third-order valence-corrected chi connectivity index (χ3v) is 1.82. The molecule has 0 spiro atoms. The van der Waals surface area contributed by atoms with E-state index in [9.17, 15) is 0 Å². The predicted molar refractivity (Wildman–Crippen MR) is 36.2 cm³/mol. The lowest BCUT2D eigenvalue weighted by Gasteiger charge is -2.21. The first-order valence-electron chi connectivity index (χ1n) is 3.45. The summed E-state index contributed by atoms with van der Waals surface area (Å²) >= 11 is 0. The van der Waals surface area contributed by atoms with E-state index in [1.165, 1.54) is 12.8 Å². The quantitative estimate of drug-likeness (QED) is 0.449. The van der Waals surface area contributed by atoms with Crippen LogP contribution in [0.15, 0.2) is 0 Å². The third kappa shape index (κ3) is 1.50. The van der Waals surface area contributed by atoms with E-state index in [0.717, 1.165) is 11.8 Å². The van der Waals surface area contributed by atoms with Crippen LogP contribution < -0.4 is 0 Å². The third-order valence-electron chi connectivity index (χ3n) is 1.82. The van der Waals surface area contributed by atoms with Crippen molar-refractivity contribution in [3.8, 4) is 0 Å². The van der Waals surface area contributed by atoms with Gasteiger partial charge in [-0.05, 0) is 37.5 Å². The first-order chi connectivity index (χ1) is 3.79. The Morgan fingerprint density at radius 1 is 1.00 bits per heavy atom. The highest BCUT2D eigenvalue weighted by atomic mass is 14.2. The summed E-state index contributed by atoms with van der Waals surface area (Å²) in [6.45, 7) is 4.56. The van der Waals surface area contributed by atoms with Gasteiger partial charge >= 0.3 is 0 Å². The Bertz CT molecular complexity index is 48.4. The molecule has 0 saturated heterocycles. The fraction of sp³-hybridized carbons (Fsp3) is 0.750. The molecule has 0 heterocycles. The molecule has 0 amide bonds. The molecule has 2 atom stereocenters. The Balaban J connectivity index is 2.19. The summed E-state index contributed by atoms with van der Waals surface area (Å²) in [7, 11) is 0. The van der Waals surface area contributed by atoms with E-state index >= 15 is 0 Å². The predicted octanol–water partition coefficient (Wildman–Crippen LogP) is 2.46. The molecule has 46 valence electrons. The summed E-state index contributed by atoms with van der Waals surface area (Å²) in [5, 5.41) is 0. The molecule has 0 aliphatic heterocycles. The molecule has 0 aromatic heterocycles. The highest BCUT2D eigenvalue weighted by Crippen LogP contribution is 2.25. The van der Waals surface area contributed by atoms with Gasteiger partial charge in [0.25, 0.3) is 0 Å². The van der Waals surface area contributed by atoms with Gasteiger partial charge in [-0.25, -0.2) is 0 Å². The van der Waals surface area contributed by atoms with Gasteiger partial charge in [-0.15, -0.1) is 0 Å². The van der Waals surface area contributed by atoms with Crippen LogP contribution in [-0.4, -0.2) is 0 Å². The number of rotatable bonds is 0. The van der Waals surface area contributed by atoms with Crippen LogP contribution in [0.1, 0.15) is 26.7 Å². The van der Waals surface area contributed by atoms with E-state index in [4.69, 9.17) is 0 Å². The van der Waals surface area contributed by atoms with Gasteiger partial charge in [-0.2, -0.15) is 0 Å². The standard InChI is InChI=1S/C8H14/c1-7-3-5-8(2)6-4-7/h3,6-8H,4-5H2,1-2H3. The zero-order chi connectivity index (χ0) is 5.98. The van der Waals surface area contributed by atoms with Crippen LogP contribution >= 0.6 is 0 Å². The molecule has 0 bridgehead atoms. The monoisotopic (exact) mass is 110 g/mol. The molecular weight excluding hydrogens is 96.1 g/mol. The second kappa shape index (κ2) is 2.52. The van der Waals surface area contributed by atoms with E-state index in [-0.39, 0.29) is 0 Å². The van der Waals surface area contributed by atoms with Crippen LogP contribution in [0.4, 0.5) is 0 Å². The lowest BCUT2D eigenvalue weighted by molar-refractivity contribution is 0.473. The van der Waals surface area contributed by atoms with Crippen LogP contribution in [0.5, 0.6) is 0 Å². The number of hydrogen-bond donors (Lipinski definition) is 0. The largest absolute Gasteiger partial charge is 0.0622 e. The van der Waals surface area contributed by atoms with Crippen LogP contribution in [0.3, 0.4) is 0 Å². The molecule has 1 aliphatic rings. The maximum absolute atomic E-state index is 2.42. The Kier molecular flexibility index (Phi) is 1.93. The Hall–Kier alpha value is 0. The van der Waals surface area contributed by atoms with Crippen LogP contribution in [-0.2, 0) is 0 Å². The van der Waals surface area contributed by atoms with Crippen molar-refractivity contribution in [3.63, 3.8) is 0 Å². The SMILES string of the molecule is CC1[CH]CC(C)[CH]C1. The average Bonchev–Trinajstić information content (AvgIpc) is 1.77. The van der Waals surface area contributed by atoms with Gasteiger partial charge in [0.1, 0.15) is 0 Å². The molecule has 0 aromatic rings. The maximum Gasteiger partial charge on any atom is -0.0355 e. The van der Waals surface area contributed by atoms with E-state index in [2.05, 4.69) is 26.7 Å². The van der Waals surface area contributed by atoms with Crippen molar-refractivity contribution in [2.75, 3.05) is 0 Å². The minimum atomic E-state index is 0.839. The van der Waals surface area contributed by atoms with E-state index in [0.29, 0.717) is 0 Å².